The van der Waals surface area contributed by atoms with Gasteiger partial charge in [0, 0.05) is 25.5 Å². The minimum absolute atomic E-state index is 0.285. The molecular weight excluding hydrogens is 252 g/mol. The van der Waals surface area contributed by atoms with Crippen LogP contribution in [-0.4, -0.2) is 29.3 Å². The molecule has 1 atom stereocenters. The summed E-state index contributed by atoms with van der Waals surface area (Å²) in [6.07, 6.45) is 2.99. The molecule has 0 aliphatic rings. The highest BCUT2D eigenvalue weighted by Gasteiger charge is 2.05. The van der Waals surface area contributed by atoms with Crippen LogP contribution in [0.4, 0.5) is 0 Å². The highest BCUT2D eigenvalue weighted by Crippen LogP contribution is 2.12. The molecule has 1 aromatic heterocycles. The summed E-state index contributed by atoms with van der Waals surface area (Å²) in [5.74, 6) is 0.790. The van der Waals surface area contributed by atoms with E-state index >= 15 is 0 Å². The number of pyridine rings is 1. The molecule has 2 aromatic rings. The molecule has 2 N–H and O–H groups in total. The molecule has 0 radical (unpaired) electrons. The van der Waals surface area contributed by atoms with Gasteiger partial charge < -0.3 is 15.2 Å². The second-order valence-electron chi connectivity index (χ2n) is 4.77. The molecule has 0 aliphatic heterocycles. The van der Waals surface area contributed by atoms with Gasteiger partial charge in [-0.15, -0.1) is 0 Å². The predicted molar refractivity (Wildman–Crippen MR) is 78.6 cm³/mol. The molecular formula is C16H20N2O2. The lowest BCUT2D eigenvalue weighted by atomic mass is 10.2. The lowest BCUT2D eigenvalue weighted by Crippen LogP contribution is -2.31. The summed E-state index contributed by atoms with van der Waals surface area (Å²) in [4.78, 5) is 3.96. The van der Waals surface area contributed by atoms with Crippen molar-refractivity contribution in [2.45, 2.75) is 19.6 Å². The van der Waals surface area contributed by atoms with E-state index in [0.29, 0.717) is 13.1 Å². The van der Waals surface area contributed by atoms with Gasteiger partial charge in [0.25, 0.3) is 0 Å². The van der Waals surface area contributed by atoms with Gasteiger partial charge in [0.1, 0.15) is 18.5 Å². The number of rotatable bonds is 7. The largest absolute Gasteiger partial charge is 0.491 e. The first kappa shape index (κ1) is 14.5. The second-order valence-corrected chi connectivity index (χ2v) is 4.77. The van der Waals surface area contributed by atoms with Crippen LogP contribution in [-0.2, 0) is 6.54 Å². The van der Waals surface area contributed by atoms with E-state index in [1.165, 1.54) is 0 Å². The van der Waals surface area contributed by atoms with Crippen molar-refractivity contribution in [1.82, 2.24) is 10.3 Å². The molecule has 0 bridgehead atoms. The Bertz CT molecular complexity index is 517. The van der Waals surface area contributed by atoms with E-state index in [4.69, 9.17) is 4.74 Å². The first-order chi connectivity index (χ1) is 9.74. The summed E-state index contributed by atoms with van der Waals surface area (Å²) < 4.78 is 5.55. The molecule has 0 saturated heterocycles. The highest BCUT2D eigenvalue weighted by molar-refractivity contribution is 5.27. The van der Waals surface area contributed by atoms with Gasteiger partial charge in [0.05, 0.1) is 0 Å². The molecule has 1 heterocycles. The van der Waals surface area contributed by atoms with Crippen LogP contribution in [0.2, 0.25) is 0 Å². The van der Waals surface area contributed by atoms with Gasteiger partial charge in [-0.2, -0.15) is 0 Å². The molecule has 2 rings (SSSR count). The Kier molecular flexibility index (Phi) is 5.53. The average molecular weight is 272 g/mol. The normalized spacial score (nSPS) is 12.1. The Morgan fingerprint density at radius 1 is 1.25 bits per heavy atom. The second kappa shape index (κ2) is 7.62. The fourth-order valence-corrected chi connectivity index (χ4v) is 1.84. The van der Waals surface area contributed by atoms with Gasteiger partial charge in [-0.25, -0.2) is 0 Å². The third kappa shape index (κ3) is 4.99. The first-order valence-electron chi connectivity index (χ1n) is 6.71. The smallest absolute Gasteiger partial charge is 0.119 e. The zero-order valence-electron chi connectivity index (χ0n) is 11.6. The van der Waals surface area contributed by atoms with Gasteiger partial charge >= 0.3 is 0 Å². The molecule has 0 fully saturated rings. The van der Waals surface area contributed by atoms with E-state index in [0.717, 1.165) is 16.9 Å². The van der Waals surface area contributed by atoms with Crippen molar-refractivity contribution in [1.29, 1.82) is 0 Å². The average Bonchev–Trinajstić information content (AvgIpc) is 2.46. The number of aryl methyl sites for hydroxylation is 1. The van der Waals surface area contributed by atoms with Crippen molar-refractivity contribution in [2.24, 2.45) is 0 Å². The van der Waals surface area contributed by atoms with Crippen LogP contribution in [0, 0.1) is 6.92 Å². The SMILES string of the molecule is Cc1cccc(OCC(O)CNCc2ccncc2)c1. The number of aliphatic hydroxyl groups excluding tert-OH is 1. The van der Waals surface area contributed by atoms with Crippen LogP contribution >= 0.6 is 0 Å². The zero-order chi connectivity index (χ0) is 14.2. The fraction of sp³-hybridized carbons (Fsp3) is 0.312. The van der Waals surface area contributed by atoms with Crippen LogP contribution in [0.15, 0.2) is 48.8 Å². The van der Waals surface area contributed by atoms with Crippen LogP contribution < -0.4 is 10.1 Å². The van der Waals surface area contributed by atoms with E-state index < -0.39 is 6.10 Å². The maximum absolute atomic E-state index is 9.86. The fourth-order valence-electron chi connectivity index (χ4n) is 1.84. The number of ether oxygens (including phenoxy) is 1. The number of benzene rings is 1. The molecule has 0 spiro atoms. The van der Waals surface area contributed by atoms with Crippen molar-refractivity contribution in [3.05, 3.63) is 59.9 Å². The Hall–Kier alpha value is -1.91. The minimum Gasteiger partial charge on any atom is -0.491 e. The van der Waals surface area contributed by atoms with Crippen molar-refractivity contribution in [3.63, 3.8) is 0 Å². The van der Waals surface area contributed by atoms with Gasteiger partial charge in [0.2, 0.25) is 0 Å². The van der Waals surface area contributed by atoms with Crippen LogP contribution in [0.3, 0.4) is 0 Å². The van der Waals surface area contributed by atoms with Gasteiger partial charge in [-0.1, -0.05) is 12.1 Å². The van der Waals surface area contributed by atoms with Gasteiger partial charge in [0.15, 0.2) is 0 Å². The number of aliphatic hydroxyl groups is 1. The maximum Gasteiger partial charge on any atom is 0.119 e. The standard InChI is InChI=1S/C16H20N2O2/c1-13-3-2-4-16(9-13)20-12-15(19)11-18-10-14-5-7-17-8-6-14/h2-9,15,18-19H,10-12H2,1H3. The topological polar surface area (TPSA) is 54.4 Å². The van der Waals surface area contributed by atoms with Crippen molar-refractivity contribution in [2.75, 3.05) is 13.2 Å². The summed E-state index contributed by atoms with van der Waals surface area (Å²) in [5, 5.41) is 13.0. The minimum atomic E-state index is -0.530. The number of hydrogen-bond donors (Lipinski definition) is 2. The van der Waals surface area contributed by atoms with Crippen molar-refractivity contribution < 1.29 is 9.84 Å². The van der Waals surface area contributed by atoms with Gasteiger partial charge in [-0.05, 0) is 42.3 Å². The number of hydrogen-bond acceptors (Lipinski definition) is 4. The molecule has 1 unspecified atom stereocenters. The Balaban J connectivity index is 1.67. The van der Waals surface area contributed by atoms with E-state index in [9.17, 15) is 5.11 Å². The summed E-state index contributed by atoms with van der Waals surface area (Å²) in [7, 11) is 0. The van der Waals surface area contributed by atoms with Crippen LogP contribution in [0.5, 0.6) is 5.75 Å². The predicted octanol–water partition coefficient (Wildman–Crippen LogP) is 1.92. The molecule has 0 aliphatic carbocycles. The Labute approximate surface area is 119 Å². The molecule has 106 valence electrons. The number of aromatic nitrogens is 1. The lowest BCUT2D eigenvalue weighted by molar-refractivity contribution is 0.106. The summed E-state index contributed by atoms with van der Waals surface area (Å²) in [5.41, 5.74) is 2.29. The number of nitrogens with zero attached hydrogens (tertiary/aromatic N) is 1. The maximum atomic E-state index is 9.86. The monoisotopic (exact) mass is 272 g/mol. The summed E-state index contributed by atoms with van der Waals surface area (Å²) >= 11 is 0. The molecule has 1 aromatic carbocycles. The Morgan fingerprint density at radius 2 is 2.05 bits per heavy atom. The molecule has 20 heavy (non-hydrogen) atoms. The highest BCUT2D eigenvalue weighted by atomic mass is 16.5. The van der Waals surface area contributed by atoms with E-state index in [-0.39, 0.29) is 6.61 Å². The summed E-state index contributed by atoms with van der Waals surface area (Å²) in [6.45, 7) is 3.50. The van der Waals surface area contributed by atoms with Crippen LogP contribution in [0.25, 0.3) is 0 Å². The molecule has 4 nitrogen and oxygen atoms in total. The van der Waals surface area contributed by atoms with Gasteiger partial charge in [-0.3, -0.25) is 4.98 Å². The third-order valence-corrected chi connectivity index (χ3v) is 2.89. The van der Waals surface area contributed by atoms with Crippen molar-refractivity contribution >= 4 is 0 Å². The first-order valence-corrected chi connectivity index (χ1v) is 6.71. The van der Waals surface area contributed by atoms with E-state index in [1.54, 1.807) is 12.4 Å². The third-order valence-electron chi connectivity index (χ3n) is 2.89. The van der Waals surface area contributed by atoms with Crippen molar-refractivity contribution in [3.8, 4) is 5.75 Å². The number of nitrogens with one attached hydrogen (secondary N) is 1. The lowest BCUT2D eigenvalue weighted by Gasteiger charge is -2.13. The van der Waals surface area contributed by atoms with Crippen LogP contribution in [0.1, 0.15) is 11.1 Å². The quantitative estimate of drug-likeness (QED) is 0.808. The molecule has 0 amide bonds. The zero-order valence-corrected chi connectivity index (χ0v) is 11.6. The summed E-state index contributed by atoms with van der Waals surface area (Å²) in [6, 6.07) is 11.7. The Morgan fingerprint density at radius 3 is 2.80 bits per heavy atom. The molecule has 4 heteroatoms. The van der Waals surface area contributed by atoms with E-state index in [1.807, 2.05) is 43.3 Å². The molecule has 0 saturated carbocycles. The van der Waals surface area contributed by atoms with E-state index in [2.05, 4.69) is 10.3 Å².